The number of carbonyl (C=O) groups is 1. The molecule has 1 N–H and O–H groups in total. The number of hydrogen-bond acceptors (Lipinski definition) is 7. The number of rotatable bonds is 12. The molecule has 3 aromatic rings. The maximum Gasteiger partial charge on any atom is 0.251 e. The Morgan fingerprint density at radius 1 is 0.805 bits per heavy atom. The van der Waals surface area contributed by atoms with Crippen LogP contribution in [0.25, 0.3) is 5.57 Å². The third kappa shape index (κ3) is 6.95. The topological polar surface area (TPSA) is 78.5 Å². The average Bonchev–Trinajstić information content (AvgIpc) is 3.87. The van der Waals surface area contributed by atoms with Crippen LogP contribution in [-0.4, -0.2) is 58.4 Å². The van der Waals surface area contributed by atoms with E-state index >= 15 is 0 Å². The van der Waals surface area contributed by atoms with Gasteiger partial charge in [0.2, 0.25) is 0 Å². The number of nitrogens with zero attached hydrogens (tertiary/aromatic N) is 1. The van der Waals surface area contributed by atoms with Crippen molar-refractivity contribution in [3.05, 3.63) is 82.9 Å². The van der Waals surface area contributed by atoms with Gasteiger partial charge in [-0.25, -0.2) is 0 Å². The minimum atomic E-state index is 0.0753. The first-order valence-corrected chi connectivity index (χ1v) is 13.9. The largest absolute Gasteiger partial charge is 0.497 e. The molecule has 1 heterocycles. The standard InChI is InChI=1S/C33H38N2O6/c1-37-27-12-22(13-28(17-27)38-2)20-35(25-8-9-25)33(36)32-19-34-11-10-31(32)24-6-5-7-26(16-24)41-21-23-14-29(39-3)18-30(15-23)40-4/h5-7,12-18,25,34H,8-11,19-21H2,1-4H3. The second kappa shape index (κ2) is 13.0. The van der Waals surface area contributed by atoms with E-state index in [0.29, 0.717) is 42.7 Å². The molecule has 3 aromatic carbocycles. The highest BCUT2D eigenvalue weighted by Crippen LogP contribution is 2.35. The Kier molecular flexibility index (Phi) is 8.99. The van der Waals surface area contributed by atoms with E-state index in [1.54, 1.807) is 28.4 Å². The number of nitrogens with one attached hydrogen (secondary N) is 1. The second-order valence-electron chi connectivity index (χ2n) is 10.3. The first-order chi connectivity index (χ1) is 20.0. The van der Waals surface area contributed by atoms with Crippen LogP contribution in [0.4, 0.5) is 0 Å². The maximum absolute atomic E-state index is 14.1. The summed E-state index contributed by atoms with van der Waals surface area (Å²) in [4.78, 5) is 16.1. The Morgan fingerprint density at radius 3 is 2.00 bits per heavy atom. The van der Waals surface area contributed by atoms with E-state index in [1.165, 1.54) is 0 Å². The van der Waals surface area contributed by atoms with Crippen LogP contribution in [-0.2, 0) is 17.9 Å². The summed E-state index contributed by atoms with van der Waals surface area (Å²) >= 11 is 0. The lowest BCUT2D eigenvalue weighted by Gasteiger charge is -2.28. The lowest BCUT2D eigenvalue weighted by Crippen LogP contribution is -2.39. The van der Waals surface area contributed by atoms with Crippen LogP contribution in [0.2, 0.25) is 0 Å². The molecule has 0 aromatic heterocycles. The van der Waals surface area contributed by atoms with Crippen molar-refractivity contribution in [2.75, 3.05) is 41.5 Å². The highest BCUT2D eigenvalue weighted by atomic mass is 16.5. The lowest BCUT2D eigenvalue weighted by atomic mass is 9.93. The van der Waals surface area contributed by atoms with Gasteiger partial charge in [-0.2, -0.15) is 0 Å². The molecule has 0 spiro atoms. The summed E-state index contributed by atoms with van der Waals surface area (Å²) in [6.07, 6.45) is 2.80. The van der Waals surface area contributed by atoms with Gasteiger partial charge in [0.15, 0.2) is 0 Å². The van der Waals surface area contributed by atoms with E-state index in [0.717, 1.165) is 59.4 Å². The van der Waals surface area contributed by atoms with Crippen molar-refractivity contribution in [3.63, 3.8) is 0 Å². The second-order valence-corrected chi connectivity index (χ2v) is 10.3. The molecular weight excluding hydrogens is 520 g/mol. The predicted molar refractivity (Wildman–Crippen MR) is 158 cm³/mol. The van der Waals surface area contributed by atoms with Gasteiger partial charge in [0.05, 0.1) is 28.4 Å². The van der Waals surface area contributed by atoms with Crippen molar-refractivity contribution in [2.45, 2.75) is 38.5 Å². The zero-order chi connectivity index (χ0) is 28.8. The minimum absolute atomic E-state index is 0.0753. The molecule has 0 saturated heterocycles. The third-order valence-corrected chi connectivity index (χ3v) is 7.49. The van der Waals surface area contributed by atoms with Gasteiger partial charge >= 0.3 is 0 Å². The molecule has 8 heteroatoms. The fourth-order valence-electron chi connectivity index (χ4n) is 5.18. The van der Waals surface area contributed by atoms with Crippen LogP contribution in [0.15, 0.2) is 66.2 Å². The normalized spacial score (nSPS) is 14.8. The zero-order valence-corrected chi connectivity index (χ0v) is 24.2. The summed E-state index contributed by atoms with van der Waals surface area (Å²) in [5.41, 5.74) is 4.81. The summed E-state index contributed by atoms with van der Waals surface area (Å²) in [5, 5.41) is 3.41. The van der Waals surface area contributed by atoms with Crippen molar-refractivity contribution in [2.24, 2.45) is 0 Å². The molecule has 0 radical (unpaired) electrons. The van der Waals surface area contributed by atoms with Crippen molar-refractivity contribution in [1.29, 1.82) is 0 Å². The molecule has 216 valence electrons. The number of amides is 1. The highest BCUT2D eigenvalue weighted by Gasteiger charge is 2.35. The van der Waals surface area contributed by atoms with E-state index in [1.807, 2.05) is 59.5 Å². The predicted octanol–water partition coefficient (Wildman–Crippen LogP) is 5.24. The fraction of sp³-hybridized carbons (Fsp3) is 0.364. The fourth-order valence-corrected chi connectivity index (χ4v) is 5.18. The van der Waals surface area contributed by atoms with Gasteiger partial charge in [-0.1, -0.05) is 12.1 Å². The Balaban J connectivity index is 1.38. The number of ether oxygens (including phenoxy) is 5. The third-order valence-electron chi connectivity index (χ3n) is 7.49. The summed E-state index contributed by atoms with van der Waals surface area (Å²) in [7, 11) is 6.54. The van der Waals surface area contributed by atoms with E-state index in [4.69, 9.17) is 23.7 Å². The van der Waals surface area contributed by atoms with Gasteiger partial charge < -0.3 is 33.9 Å². The van der Waals surface area contributed by atoms with Gasteiger partial charge in [-0.3, -0.25) is 4.79 Å². The Morgan fingerprint density at radius 2 is 1.41 bits per heavy atom. The van der Waals surface area contributed by atoms with E-state index in [-0.39, 0.29) is 11.9 Å². The number of carbonyl (C=O) groups excluding carboxylic acids is 1. The van der Waals surface area contributed by atoms with Crippen molar-refractivity contribution in [3.8, 4) is 28.7 Å². The molecule has 1 amide bonds. The maximum atomic E-state index is 14.1. The summed E-state index contributed by atoms with van der Waals surface area (Å²) in [6.45, 7) is 2.22. The molecule has 2 aliphatic rings. The molecule has 0 atom stereocenters. The van der Waals surface area contributed by atoms with Gasteiger partial charge in [-0.05, 0) is 84.5 Å². The van der Waals surface area contributed by atoms with Crippen LogP contribution in [0.3, 0.4) is 0 Å². The van der Waals surface area contributed by atoms with Crippen molar-refractivity contribution >= 4 is 11.5 Å². The van der Waals surface area contributed by atoms with E-state index in [9.17, 15) is 4.79 Å². The Bertz CT molecular complexity index is 1370. The first kappa shape index (κ1) is 28.4. The molecule has 0 bridgehead atoms. The average molecular weight is 559 g/mol. The first-order valence-electron chi connectivity index (χ1n) is 13.9. The van der Waals surface area contributed by atoms with Gasteiger partial charge in [0.25, 0.3) is 5.91 Å². The van der Waals surface area contributed by atoms with Crippen molar-refractivity contribution in [1.82, 2.24) is 10.2 Å². The monoisotopic (exact) mass is 558 g/mol. The lowest BCUT2D eigenvalue weighted by molar-refractivity contribution is -0.128. The SMILES string of the molecule is COc1cc(COc2cccc(C3=C(C(=O)N(Cc4cc(OC)cc(OC)c4)C4CC4)CNCC3)c2)cc(OC)c1. The van der Waals surface area contributed by atoms with Crippen LogP contribution in [0.1, 0.15) is 36.0 Å². The van der Waals surface area contributed by atoms with Crippen LogP contribution in [0.5, 0.6) is 28.7 Å². The molecule has 41 heavy (non-hydrogen) atoms. The number of benzene rings is 3. The molecule has 0 unspecified atom stereocenters. The van der Waals surface area contributed by atoms with E-state index < -0.39 is 0 Å². The van der Waals surface area contributed by atoms with Gasteiger partial charge in [-0.15, -0.1) is 0 Å². The smallest absolute Gasteiger partial charge is 0.251 e. The summed E-state index contributed by atoms with van der Waals surface area (Å²) in [6, 6.07) is 19.7. The van der Waals surface area contributed by atoms with Crippen LogP contribution < -0.4 is 29.0 Å². The van der Waals surface area contributed by atoms with Crippen LogP contribution in [0, 0.1) is 0 Å². The van der Waals surface area contributed by atoms with Crippen molar-refractivity contribution < 1.29 is 28.5 Å². The Hall–Kier alpha value is -4.17. The molecule has 1 saturated carbocycles. The molecule has 1 fully saturated rings. The Labute approximate surface area is 241 Å². The minimum Gasteiger partial charge on any atom is -0.497 e. The summed E-state index contributed by atoms with van der Waals surface area (Å²) in [5.74, 6) is 3.67. The number of hydrogen-bond donors (Lipinski definition) is 1. The van der Waals surface area contributed by atoms with Gasteiger partial charge in [0, 0.05) is 36.8 Å². The quantitative estimate of drug-likeness (QED) is 0.326. The highest BCUT2D eigenvalue weighted by molar-refractivity contribution is 6.02. The van der Waals surface area contributed by atoms with Crippen LogP contribution >= 0.6 is 0 Å². The van der Waals surface area contributed by atoms with Gasteiger partial charge in [0.1, 0.15) is 35.4 Å². The summed E-state index contributed by atoms with van der Waals surface area (Å²) < 4.78 is 27.9. The molecular formula is C33H38N2O6. The molecule has 1 aliphatic carbocycles. The molecule has 1 aliphatic heterocycles. The molecule has 8 nitrogen and oxygen atoms in total. The number of methoxy groups -OCH3 is 4. The zero-order valence-electron chi connectivity index (χ0n) is 24.2. The molecule has 5 rings (SSSR count). The van der Waals surface area contributed by atoms with E-state index in [2.05, 4.69) is 11.4 Å².